The van der Waals surface area contributed by atoms with Crippen molar-refractivity contribution in [2.75, 3.05) is 12.3 Å². The molecule has 0 radical (unpaired) electrons. The van der Waals surface area contributed by atoms with Gasteiger partial charge in [0.25, 0.3) is 5.56 Å². The topological polar surface area (TPSA) is 139 Å². The molecule has 10 heteroatoms. The molecule has 22 heavy (non-hydrogen) atoms. The number of halogens is 1. The number of fused-ring (bicyclic) bond motifs is 1. The summed E-state index contributed by atoms with van der Waals surface area (Å²) in [5, 5.41) is 19.5. The summed E-state index contributed by atoms with van der Waals surface area (Å²) < 4.78 is 21.2. The fourth-order valence-corrected chi connectivity index (χ4v) is 2.70. The summed E-state index contributed by atoms with van der Waals surface area (Å²) in [6, 6.07) is 0. The number of nitrogen functional groups attached to an aromatic ring is 1. The first-order valence-electron chi connectivity index (χ1n) is 6.76. The van der Waals surface area contributed by atoms with Gasteiger partial charge in [-0.05, 0) is 6.42 Å². The molecule has 0 bridgehead atoms. The number of rotatable bonds is 3. The number of hydrogen-bond acceptors (Lipinski definition) is 7. The Bertz CT molecular complexity index is 756. The van der Waals surface area contributed by atoms with Gasteiger partial charge in [-0.15, -0.1) is 0 Å². The number of hydrogen-bond donors (Lipinski definition) is 4. The highest BCUT2D eigenvalue weighted by Crippen LogP contribution is 2.41. The summed E-state index contributed by atoms with van der Waals surface area (Å²) in [6.45, 7) is 1.13. The number of alkyl halides is 1. The van der Waals surface area contributed by atoms with Gasteiger partial charge in [-0.1, -0.05) is 6.92 Å². The Morgan fingerprint density at radius 1 is 1.64 bits per heavy atom. The molecule has 4 atom stereocenters. The zero-order valence-electron chi connectivity index (χ0n) is 11.7. The second kappa shape index (κ2) is 5.00. The highest BCUT2D eigenvalue weighted by atomic mass is 19.1. The number of nitrogens with two attached hydrogens (primary N) is 1. The maximum atomic E-state index is 14.5. The minimum absolute atomic E-state index is 0.0162. The maximum Gasteiger partial charge on any atom is 0.280 e. The molecule has 3 heterocycles. The third-order valence-electron chi connectivity index (χ3n) is 4.06. The molecule has 1 fully saturated rings. The second-order valence-electron chi connectivity index (χ2n) is 5.25. The third-order valence-corrected chi connectivity index (χ3v) is 4.06. The maximum absolute atomic E-state index is 14.5. The van der Waals surface area contributed by atoms with Crippen LogP contribution in [0.4, 0.5) is 10.3 Å². The number of ether oxygens (including phenoxy) is 1. The standard InChI is InChI=1S/C12H16FN5O4/c1-2-12(3-19)7(20)5(13)10(22-12)18-4-15-6-8(18)16-11(14)17-9(6)21/h4-5,7,10,19-20H,2-3H2,1H3,(H3,14,16,17,21). The molecule has 5 N–H and O–H groups in total. The lowest BCUT2D eigenvalue weighted by atomic mass is 9.94. The monoisotopic (exact) mass is 313 g/mol. The Morgan fingerprint density at radius 2 is 2.36 bits per heavy atom. The largest absolute Gasteiger partial charge is 0.393 e. The highest BCUT2D eigenvalue weighted by molar-refractivity contribution is 5.70. The summed E-state index contributed by atoms with van der Waals surface area (Å²) in [4.78, 5) is 21.8. The van der Waals surface area contributed by atoms with Gasteiger partial charge in [-0.3, -0.25) is 14.3 Å². The van der Waals surface area contributed by atoms with Gasteiger partial charge in [0.2, 0.25) is 5.95 Å². The Morgan fingerprint density at radius 3 is 2.95 bits per heavy atom. The molecule has 0 saturated carbocycles. The first-order valence-corrected chi connectivity index (χ1v) is 6.76. The molecule has 1 aliphatic heterocycles. The second-order valence-corrected chi connectivity index (χ2v) is 5.25. The van der Waals surface area contributed by atoms with E-state index in [9.17, 15) is 19.4 Å². The third kappa shape index (κ3) is 1.91. The zero-order chi connectivity index (χ0) is 16.1. The summed E-state index contributed by atoms with van der Waals surface area (Å²) in [5.74, 6) is -0.142. The molecule has 0 amide bonds. The Kier molecular flexibility index (Phi) is 3.38. The first-order chi connectivity index (χ1) is 10.4. The van der Waals surface area contributed by atoms with Crippen molar-refractivity contribution in [1.29, 1.82) is 0 Å². The lowest BCUT2D eigenvalue weighted by molar-refractivity contribution is -0.128. The first kappa shape index (κ1) is 14.9. The Hall–Kier alpha value is -2.04. The van der Waals surface area contributed by atoms with Crippen LogP contribution in [0.2, 0.25) is 0 Å². The van der Waals surface area contributed by atoms with Crippen molar-refractivity contribution >= 4 is 17.1 Å². The summed E-state index contributed by atoms with van der Waals surface area (Å²) in [7, 11) is 0. The molecule has 0 aliphatic carbocycles. The van der Waals surface area contributed by atoms with Crippen LogP contribution < -0.4 is 11.3 Å². The van der Waals surface area contributed by atoms with Gasteiger partial charge < -0.3 is 20.7 Å². The molecule has 4 unspecified atom stereocenters. The summed E-state index contributed by atoms with van der Waals surface area (Å²) in [6.07, 6.45) is -3.18. The van der Waals surface area contributed by atoms with Crippen LogP contribution in [0.15, 0.2) is 11.1 Å². The van der Waals surface area contributed by atoms with Crippen LogP contribution in [0, 0.1) is 0 Å². The number of H-pyrrole nitrogens is 1. The number of nitrogens with zero attached hydrogens (tertiary/aromatic N) is 3. The Labute approximate surface area is 123 Å². The van der Waals surface area contributed by atoms with Gasteiger partial charge in [-0.25, -0.2) is 9.37 Å². The molecular formula is C12H16FN5O4. The summed E-state index contributed by atoms with van der Waals surface area (Å²) in [5.41, 5.74) is 3.55. The van der Waals surface area contributed by atoms with Crippen molar-refractivity contribution in [3.63, 3.8) is 0 Å². The highest BCUT2D eigenvalue weighted by Gasteiger charge is 2.55. The van der Waals surface area contributed by atoms with Gasteiger partial charge in [0.15, 0.2) is 23.6 Å². The van der Waals surface area contributed by atoms with Crippen LogP contribution in [0.5, 0.6) is 0 Å². The van der Waals surface area contributed by atoms with Crippen molar-refractivity contribution in [3.8, 4) is 0 Å². The molecule has 0 spiro atoms. The number of nitrogens with one attached hydrogen (secondary N) is 1. The number of imidazole rings is 1. The van der Waals surface area contributed by atoms with Gasteiger partial charge >= 0.3 is 0 Å². The number of aromatic nitrogens is 4. The van der Waals surface area contributed by atoms with Gasteiger partial charge in [0, 0.05) is 0 Å². The van der Waals surface area contributed by atoms with E-state index in [0.717, 1.165) is 0 Å². The van der Waals surface area contributed by atoms with Crippen LogP contribution in [0.25, 0.3) is 11.2 Å². The molecule has 1 aliphatic rings. The van der Waals surface area contributed by atoms with E-state index < -0.39 is 36.3 Å². The lowest BCUT2D eigenvalue weighted by Gasteiger charge is -2.28. The van der Waals surface area contributed by atoms with Crippen molar-refractivity contribution in [2.24, 2.45) is 0 Å². The van der Waals surface area contributed by atoms with Gasteiger partial charge in [-0.2, -0.15) is 4.98 Å². The van der Waals surface area contributed by atoms with Crippen molar-refractivity contribution < 1.29 is 19.3 Å². The minimum Gasteiger partial charge on any atom is -0.393 e. The van der Waals surface area contributed by atoms with Gasteiger partial charge in [0.1, 0.15) is 11.7 Å². The van der Waals surface area contributed by atoms with E-state index >= 15 is 0 Å². The molecule has 1 saturated heterocycles. The van der Waals surface area contributed by atoms with E-state index in [1.165, 1.54) is 10.9 Å². The van der Waals surface area contributed by atoms with Crippen LogP contribution in [0.1, 0.15) is 19.6 Å². The van der Waals surface area contributed by atoms with E-state index in [0.29, 0.717) is 0 Å². The molecular weight excluding hydrogens is 297 g/mol. The smallest absolute Gasteiger partial charge is 0.280 e. The molecule has 9 nitrogen and oxygen atoms in total. The van der Waals surface area contributed by atoms with Crippen molar-refractivity contribution in [3.05, 3.63) is 16.7 Å². The molecule has 3 rings (SSSR count). The van der Waals surface area contributed by atoms with E-state index in [-0.39, 0.29) is 23.5 Å². The fraction of sp³-hybridized carbons (Fsp3) is 0.583. The van der Waals surface area contributed by atoms with Crippen molar-refractivity contribution in [1.82, 2.24) is 19.5 Å². The predicted molar refractivity (Wildman–Crippen MR) is 73.7 cm³/mol. The lowest BCUT2D eigenvalue weighted by Crippen LogP contribution is -2.44. The molecule has 2 aromatic heterocycles. The van der Waals surface area contributed by atoms with E-state index in [1.807, 2.05) is 0 Å². The summed E-state index contributed by atoms with van der Waals surface area (Å²) >= 11 is 0. The average Bonchev–Trinajstić information content (AvgIpc) is 3.01. The predicted octanol–water partition coefficient (Wildman–Crippen LogP) is -0.929. The van der Waals surface area contributed by atoms with E-state index in [1.54, 1.807) is 6.92 Å². The van der Waals surface area contributed by atoms with Crippen molar-refractivity contribution in [2.45, 2.75) is 37.4 Å². The SMILES string of the molecule is CCC1(CO)OC(n2cnc3c(=O)[nH]c(N)nc32)C(F)C1O. The molecule has 2 aromatic rings. The molecule has 0 aromatic carbocycles. The number of aliphatic hydroxyl groups is 2. The van der Waals surface area contributed by atoms with Crippen LogP contribution >= 0.6 is 0 Å². The average molecular weight is 313 g/mol. The van der Waals surface area contributed by atoms with Crippen LogP contribution in [-0.2, 0) is 4.74 Å². The minimum atomic E-state index is -1.81. The Balaban J connectivity index is 2.11. The van der Waals surface area contributed by atoms with E-state index in [2.05, 4.69) is 15.0 Å². The van der Waals surface area contributed by atoms with Gasteiger partial charge in [0.05, 0.1) is 12.9 Å². The zero-order valence-corrected chi connectivity index (χ0v) is 11.7. The van der Waals surface area contributed by atoms with E-state index in [4.69, 9.17) is 10.5 Å². The van der Waals surface area contributed by atoms with Crippen LogP contribution in [-0.4, -0.2) is 54.2 Å². The number of anilines is 1. The number of aromatic amines is 1. The quantitative estimate of drug-likeness (QED) is 0.574. The van der Waals surface area contributed by atoms with Crippen LogP contribution in [0.3, 0.4) is 0 Å². The normalized spacial score (nSPS) is 31.9. The molecule has 120 valence electrons. The number of aliphatic hydroxyl groups excluding tert-OH is 2. The fourth-order valence-electron chi connectivity index (χ4n) is 2.70.